The SMILES string of the molecule is CCOc1ccc(NC(=O)C(C)N2CCN(S(=O)(=O)c3ccc(C)cc3C)CC2)cc1. The van der Waals surface area contributed by atoms with E-state index in [2.05, 4.69) is 5.32 Å². The molecule has 168 valence electrons. The van der Waals surface area contributed by atoms with Crippen LogP contribution in [0.4, 0.5) is 5.69 Å². The van der Waals surface area contributed by atoms with E-state index in [0.29, 0.717) is 43.4 Å². The van der Waals surface area contributed by atoms with E-state index in [1.54, 1.807) is 6.07 Å². The maximum Gasteiger partial charge on any atom is 0.243 e. The zero-order valence-electron chi connectivity index (χ0n) is 18.6. The van der Waals surface area contributed by atoms with Crippen molar-refractivity contribution in [2.45, 2.75) is 38.6 Å². The Morgan fingerprint density at radius 2 is 1.71 bits per heavy atom. The van der Waals surface area contributed by atoms with Crippen molar-refractivity contribution >= 4 is 21.6 Å². The molecule has 0 radical (unpaired) electrons. The van der Waals surface area contributed by atoms with Crippen LogP contribution in [0.2, 0.25) is 0 Å². The number of aryl methyl sites for hydroxylation is 2. The Labute approximate surface area is 185 Å². The molecular weight excluding hydrogens is 414 g/mol. The van der Waals surface area contributed by atoms with Gasteiger partial charge in [-0.05, 0) is 63.6 Å². The highest BCUT2D eigenvalue weighted by atomic mass is 32.2. The van der Waals surface area contributed by atoms with Gasteiger partial charge in [0.1, 0.15) is 5.75 Å². The molecule has 1 atom stereocenters. The van der Waals surface area contributed by atoms with Gasteiger partial charge in [-0.2, -0.15) is 4.31 Å². The largest absolute Gasteiger partial charge is 0.494 e. The Morgan fingerprint density at radius 3 is 2.29 bits per heavy atom. The van der Waals surface area contributed by atoms with Crippen molar-refractivity contribution in [3.63, 3.8) is 0 Å². The molecule has 1 fully saturated rings. The van der Waals surface area contributed by atoms with Crippen molar-refractivity contribution in [2.24, 2.45) is 0 Å². The number of benzene rings is 2. The highest BCUT2D eigenvalue weighted by Gasteiger charge is 2.32. The van der Waals surface area contributed by atoms with Gasteiger partial charge in [-0.25, -0.2) is 8.42 Å². The second kappa shape index (κ2) is 9.80. The van der Waals surface area contributed by atoms with E-state index >= 15 is 0 Å². The number of carbonyl (C=O) groups is 1. The second-order valence-electron chi connectivity index (χ2n) is 7.83. The summed E-state index contributed by atoms with van der Waals surface area (Å²) in [5.74, 6) is 0.643. The Bertz CT molecular complexity index is 1010. The maximum atomic E-state index is 13.1. The lowest BCUT2D eigenvalue weighted by atomic mass is 10.2. The van der Waals surface area contributed by atoms with E-state index in [1.165, 1.54) is 4.31 Å². The molecule has 0 saturated carbocycles. The minimum Gasteiger partial charge on any atom is -0.494 e. The first-order valence-electron chi connectivity index (χ1n) is 10.6. The Kier molecular flexibility index (Phi) is 7.35. The zero-order chi connectivity index (χ0) is 22.6. The molecule has 31 heavy (non-hydrogen) atoms. The predicted molar refractivity (Wildman–Crippen MR) is 122 cm³/mol. The summed E-state index contributed by atoms with van der Waals surface area (Å²) in [6.45, 7) is 9.85. The van der Waals surface area contributed by atoms with Gasteiger partial charge < -0.3 is 10.1 Å². The van der Waals surface area contributed by atoms with Crippen LogP contribution >= 0.6 is 0 Å². The van der Waals surface area contributed by atoms with E-state index in [9.17, 15) is 13.2 Å². The average molecular weight is 446 g/mol. The molecule has 1 N–H and O–H groups in total. The summed E-state index contributed by atoms with van der Waals surface area (Å²) in [4.78, 5) is 15.0. The fourth-order valence-electron chi connectivity index (χ4n) is 3.77. The summed E-state index contributed by atoms with van der Waals surface area (Å²) < 4.78 is 33.1. The summed E-state index contributed by atoms with van der Waals surface area (Å²) in [6.07, 6.45) is 0. The monoisotopic (exact) mass is 445 g/mol. The number of anilines is 1. The molecule has 1 aliphatic rings. The van der Waals surface area contributed by atoms with Gasteiger partial charge in [-0.3, -0.25) is 9.69 Å². The number of hydrogen-bond donors (Lipinski definition) is 1. The molecule has 3 rings (SSSR count). The number of amides is 1. The van der Waals surface area contributed by atoms with E-state index in [4.69, 9.17) is 4.74 Å². The highest BCUT2D eigenvalue weighted by Crippen LogP contribution is 2.23. The summed E-state index contributed by atoms with van der Waals surface area (Å²) in [6, 6.07) is 12.3. The highest BCUT2D eigenvalue weighted by molar-refractivity contribution is 7.89. The van der Waals surface area contributed by atoms with Crippen molar-refractivity contribution < 1.29 is 17.9 Å². The van der Waals surface area contributed by atoms with Crippen LogP contribution in [0.5, 0.6) is 5.75 Å². The third kappa shape index (κ3) is 5.44. The van der Waals surface area contributed by atoms with Gasteiger partial charge in [-0.15, -0.1) is 0 Å². The van der Waals surface area contributed by atoms with Crippen molar-refractivity contribution in [3.8, 4) is 5.75 Å². The lowest BCUT2D eigenvalue weighted by molar-refractivity contribution is -0.121. The van der Waals surface area contributed by atoms with E-state index in [-0.39, 0.29) is 11.9 Å². The summed E-state index contributed by atoms with van der Waals surface area (Å²) >= 11 is 0. The van der Waals surface area contributed by atoms with Crippen LogP contribution in [-0.2, 0) is 14.8 Å². The molecule has 1 unspecified atom stereocenters. The van der Waals surface area contributed by atoms with Crippen LogP contribution in [0, 0.1) is 13.8 Å². The summed E-state index contributed by atoms with van der Waals surface area (Å²) in [5.41, 5.74) is 2.50. The van der Waals surface area contributed by atoms with Crippen LogP contribution in [0.25, 0.3) is 0 Å². The van der Waals surface area contributed by atoms with Crippen molar-refractivity contribution in [3.05, 3.63) is 53.6 Å². The van der Waals surface area contributed by atoms with Crippen molar-refractivity contribution in [1.82, 2.24) is 9.21 Å². The minimum absolute atomic E-state index is 0.116. The number of nitrogens with zero attached hydrogens (tertiary/aromatic N) is 2. The maximum absolute atomic E-state index is 13.1. The van der Waals surface area contributed by atoms with Gasteiger partial charge >= 0.3 is 0 Å². The number of carbonyl (C=O) groups excluding carboxylic acids is 1. The Balaban J connectivity index is 1.58. The molecule has 0 aliphatic carbocycles. The van der Waals surface area contributed by atoms with Gasteiger partial charge in [0.25, 0.3) is 0 Å². The third-order valence-electron chi connectivity index (χ3n) is 5.58. The number of ether oxygens (including phenoxy) is 1. The third-order valence-corrected chi connectivity index (χ3v) is 7.64. The lowest BCUT2D eigenvalue weighted by Crippen LogP contribution is -2.54. The van der Waals surface area contributed by atoms with Crippen LogP contribution in [-0.4, -0.2) is 62.4 Å². The first-order valence-corrected chi connectivity index (χ1v) is 12.0. The summed E-state index contributed by atoms with van der Waals surface area (Å²) in [5, 5.41) is 2.92. The van der Waals surface area contributed by atoms with Crippen molar-refractivity contribution in [2.75, 3.05) is 38.1 Å². The fraction of sp³-hybridized carbons (Fsp3) is 0.435. The van der Waals surface area contributed by atoms with Gasteiger partial charge in [0, 0.05) is 31.9 Å². The topological polar surface area (TPSA) is 79.0 Å². The molecule has 2 aromatic carbocycles. The van der Waals surface area contributed by atoms with E-state index in [1.807, 2.05) is 69.0 Å². The molecule has 1 saturated heterocycles. The number of hydrogen-bond acceptors (Lipinski definition) is 5. The van der Waals surface area contributed by atoms with E-state index in [0.717, 1.165) is 16.9 Å². The zero-order valence-corrected chi connectivity index (χ0v) is 19.4. The molecular formula is C23H31N3O4S. The van der Waals surface area contributed by atoms with Gasteiger partial charge in [0.15, 0.2) is 0 Å². The van der Waals surface area contributed by atoms with Crippen molar-refractivity contribution in [1.29, 1.82) is 0 Å². The smallest absolute Gasteiger partial charge is 0.243 e. The van der Waals surface area contributed by atoms with Crippen LogP contribution in [0.1, 0.15) is 25.0 Å². The molecule has 1 aliphatic heterocycles. The first-order chi connectivity index (χ1) is 14.7. The molecule has 0 bridgehead atoms. The molecule has 0 aromatic heterocycles. The summed E-state index contributed by atoms with van der Waals surface area (Å²) in [7, 11) is -3.54. The van der Waals surface area contributed by atoms with E-state index < -0.39 is 10.0 Å². The molecule has 1 heterocycles. The number of sulfonamides is 1. The predicted octanol–water partition coefficient (Wildman–Crippen LogP) is 3.04. The van der Waals surface area contributed by atoms with Crippen LogP contribution in [0.3, 0.4) is 0 Å². The molecule has 2 aromatic rings. The second-order valence-corrected chi connectivity index (χ2v) is 9.74. The van der Waals surface area contributed by atoms with Crippen LogP contribution < -0.4 is 10.1 Å². The number of piperazine rings is 1. The Hall–Kier alpha value is -2.42. The Morgan fingerprint density at radius 1 is 1.06 bits per heavy atom. The number of nitrogens with one attached hydrogen (secondary N) is 1. The van der Waals surface area contributed by atoms with Gasteiger partial charge in [0.2, 0.25) is 15.9 Å². The number of rotatable bonds is 7. The average Bonchev–Trinajstić information content (AvgIpc) is 2.74. The molecule has 1 amide bonds. The quantitative estimate of drug-likeness (QED) is 0.709. The fourth-order valence-corrected chi connectivity index (χ4v) is 5.40. The molecule has 7 nitrogen and oxygen atoms in total. The van der Waals surface area contributed by atoms with Gasteiger partial charge in [0.05, 0.1) is 17.5 Å². The standard InChI is InChI=1S/C23H31N3O4S/c1-5-30-21-9-7-20(8-10-21)24-23(27)19(4)25-12-14-26(15-13-25)31(28,29)22-11-6-17(2)16-18(22)3/h6-11,16,19H,5,12-15H2,1-4H3,(H,24,27). The normalized spacial score (nSPS) is 16.6. The van der Waals surface area contributed by atoms with Gasteiger partial charge in [-0.1, -0.05) is 17.7 Å². The first kappa shape index (κ1) is 23.2. The molecule has 8 heteroatoms. The lowest BCUT2D eigenvalue weighted by Gasteiger charge is -2.36. The van der Waals surface area contributed by atoms with Crippen LogP contribution in [0.15, 0.2) is 47.4 Å². The molecule has 0 spiro atoms. The minimum atomic E-state index is -3.54.